The van der Waals surface area contributed by atoms with Gasteiger partial charge in [0.05, 0.1) is 24.1 Å². The largest absolute Gasteiger partial charge is 0.332 e. The number of aromatic amines is 2. The molecule has 8 heteroatoms. The van der Waals surface area contributed by atoms with Gasteiger partial charge in [-0.1, -0.05) is 0 Å². The lowest BCUT2D eigenvalue weighted by molar-refractivity contribution is 0.0728. The molecule has 124 valence electrons. The van der Waals surface area contributed by atoms with Gasteiger partial charge >= 0.3 is 0 Å². The third kappa shape index (κ3) is 2.60. The summed E-state index contributed by atoms with van der Waals surface area (Å²) in [5, 5.41) is 18.6. The number of fused-ring (bicyclic) bond motifs is 1. The van der Waals surface area contributed by atoms with Gasteiger partial charge in [-0.2, -0.15) is 15.3 Å². The smallest absolute Gasteiger partial charge is 0.274 e. The van der Waals surface area contributed by atoms with Crippen molar-refractivity contribution < 1.29 is 4.79 Å². The molecule has 1 aliphatic heterocycles. The van der Waals surface area contributed by atoms with E-state index in [1.807, 2.05) is 30.7 Å². The van der Waals surface area contributed by atoms with E-state index in [2.05, 4.69) is 25.5 Å². The molecule has 4 rings (SSSR count). The lowest BCUT2D eigenvalue weighted by Gasteiger charge is -2.25. The van der Waals surface area contributed by atoms with Crippen molar-refractivity contribution in [2.75, 3.05) is 6.54 Å². The topological polar surface area (TPSA) is 95.5 Å². The minimum absolute atomic E-state index is 0.0577. The third-order valence-corrected chi connectivity index (χ3v) is 4.36. The predicted octanol–water partition coefficient (Wildman–Crippen LogP) is 1.19. The van der Waals surface area contributed by atoms with E-state index >= 15 is 0 Å². The molecular weight excluding hydrogens is 306 g/mol. The zero-order valence-electron chi connectivity index (χ0n) is 13.7. The molecule has 0 saturated heterocycles. The fourth-order valence-corrected chi connectivity index (χ4v) is 3.11. The standard InChI is InChI=1S/C16H19N7O/c1-10-5-11(2)23(21-10)9-13-6-15(20-18-13)16(24)22-4-3-14-12(8-22)7-17-19-14/h5-7H,3-4,8-9H2,1-2H3,(H,17,19)(H,18,20). The van der Waals surface area contributed by atoms with Gasteiger partial charge in [-0.15, -0.1) is 0 Å². The maximum absolute atomic E-state index is 12.7. The molecule has 0 aromatic carbocycles. The first kappa shape index (κ1) is 14.7. The van der Waals surface area contributed by atoms with Gasteiger partial charge in [-0.3, -0.25) is 19.7 Å². The van der Waals surface area contributed by atoms with Crippen LogP contribution in [0.5, 0.6) is 0 Å². The van der Waals surface area contributed by atoms with E-state index in [9.17, 15) is 4.79 Å². The number of nitrogens with one attached hydrogen (secondary N) is 2. The Morgan fingerprint density at radius 3 is 2.96 bits per heavy atom. The minimum atomic E-state index is -0.0577. The second-order valence-electron chi connectivity index (χ2n) is 6.21. The highest BCUT2D eigenvalue weighted by Gasteiger charge is 2.24. The van der Waals surface area contributed by atoms with E-state index in [1.165, 1.54) is 0 Å². The van der Waals surface area contributed by atoms with Crippen molar-refractivity contribution in [2.24, 2.45) is 0 Å². The molecule has 1 aliphatic rings. The number of hydrogen-bond acceptors (Lipinski definition) is 4. The summed E-state index contributed by atoms with van der Waals surface area (Å²) < 4.78 is 1.90. The number of aromatic nitrogens is 6. The summed E-state index contributed by atoms with van der Waals surface area (Å²) in [6.07, 6.45) is 2.58. The van der Waals surface area contributed by atoms with Crippen molar-refractivity contribution in [1.29, 1.82) is 0 Å². The fraction of sp³-hybridized carbons (Fsp3) is 0.375. The average Bonchev–Trinajstić information content (AvgIpc) is 3.27. The van der Waals surface area contributed by atoms with Crippen molar-refractivity contribution in [2.45, 2.75) is 33.4 Å². The van der Waals surface area contributed by atoms with Crippen LogP contribution in [0.3, 0.4) is 0 Å². The summed E-state index contributed by atoms with van der Waals surface area (Å²) in [4.78, 5) is 14.5. The van der Waals surface area contributed by atoms with Gasteiger partial charge in [-0.05, 0) is 26.0 Å². The summed E-state index contributed by atoms with van der Waals surface area (Å²) in [5.74, 6) is -0.0577. The first-order valence-electron chi connectivity index (χ1n) is 7.96. The number of hydrogen-bond donors (Lipinski definition) is 2. The van der Waals surface area contributed by atoms with Crippen LogP contribution in [0.2, 0.25) is 0 Å². The van der Waals surface area contributed by atoms with Crippen molar-refractivity contribution >= 4 is 5.91 Å². The van der Waals surface area contributed by atoms with Crippen molar-refractivity contribution in [3.63, 3.8) is 0 Å². The molecule has 24 heavy (non-hydrogen) atoms. The Hall–Kier alpha value is -2.90. The lowest BCUT2D eigenvalue weighted by Crippen LogP contribution is -2.35. The van der Waals surface area contributed by atoms with Crippen LogP contribution >= 0.6 is 0 Å². The highest BCUT2D eigenvalue weighted by Crippen LogP contribution is 2.18. The molecule has 0 spiro atoms. The van der Waals surface area contributed by atoms with Crippen LogP contribution in [0.1, 0.15) is 38.8 Å². The molecule has 0 radical (unpaired) electrons. The Bertz CT molecular complexity index is 888. The van der Waals surface area contributed by atoms with Gasteiger partial charge in [0.15, 0.2) is 0 Å². The van der Waals surface area contributed by atoms with Crippen molar-refractivity contribution in [3.8, 4) is 0 Å². The second-order valence-corrected chi connectivity index (χ2v) is 6.21. The number of amides is 1. The first-order valence-corrected chi connectivity index (χ1v) is 7.96. The number of H-pyrrole nitrogens is 2. The van der Waals surface area contributed by atoms with Gasteiger partial charge in [-0.25, -0.2) is 0 Å². The van der Waals surface area contributed by atoms with Crippen molar-refractivity contribution in [3.05, 3.63) is 52.4 Å². The van der Waals surface area contributed by atoms with Gasteiger partial charge in [0.2, 0.25) is 0 Å². The predicted molar refractivity (Wildman–Crippen MR) is 86.4 cm³/mol. The Balaban J connectivity index is 1.48. The van der Waals surface area contributed by atoms with Gasteiger partial charge in [0.25, 0.3) is 5.91 Å². The highest BCUT2D eigenvalue weighted by molar-refractivity contribution is 5.92. The molecule has 3 aromatic heterocycles. The maximum atomic E-state index is 12.7. The molecule has 2 N–H and O–H groups in total. The maximum Gasteiger partial charge on any atom is 0.274 e. The van der Waals surface area contributed by atoms with Crippen LogP contribution in [0, 0.1) is 13.8 Å². The number of carbonyl (C=O) groups is 1. The Labute approximate surface area is 138 Å². The summed E-state index contributed by atoms with van der Waals surface area (Å²) >= 11 is 0. The van der Waals surface area contributed by atoms with Crippen molar-refractivity contribution in [1.82, 2.24) is 35.1 Å². The zero-order valence-corrected chi connectivity index (χ0v) is 13.7. The Morgan fingerprint density at radius 1 is 1.29 bits per heavy atom. The highest BCUT2D eigenvalue weighted by atomic mass is 16.2. The number of aryl methyl sites for hydroxylation is 2. The van der Waals surface area contributed by atoms with Gasteiger partial charge in [0.1, 0.15) is 5.69 Å². The normalized spacial score (nSPS) is 14.0. The molecular formula is C16H19N7O. The molecule has 0 fully saturated rings. The SMILES string of the molecule is Cc1cc(C)n(Cc2cc(C(=O)N3CCc4[nH]ncc4C3)n[nH]2)n1. The molecule has 8 nitrogen and oxygen atoms in total. The zero-order chi connectivity index (χ0) is 16.7. The quantitative estimate of drug-likeness (QED) is 0.756. The molecule has 1 amide bonds. The van der Waals surface area contributed by atoms with Crippen LogP contribution in [0.25, 0.3) is 0 Å². The number of nitrogens with zero attached hydrogens (tertiary/aromatic N) is 5. The Kier molecular flexibility index (Phi) is 3.44. The monoisotopic (exact) mass is 325 g/mol. The summed E-state index contributed by atoms with van der Waals surface area (Å²) in [6, 6.07) is 3.84. The van der Waals surface area contributed by atoms with Crippen LogP contribution in [-0.4, -0.2) is 47.5 Å². The van der Waals surface area contributed by atoms with Crippen LogP contribution < -0.4 is 0 Å². The second kappa shape index (κ2) is 5.63. The van der Waals surface area contributed by atoms with E-state index < -0.39 is 0 Å². The van der Waals surface area contributed by atoms with E-state index in [0.29, 0.717) is 25.3 Å². The number of rotatable bonds is 3. The summed E-state index contributed by atoms with van der Waals surface area (Å²) in [7, 11) is 0. The van der Waals surface area contributed by atoms with Crippen LogP contribution in [0.4, 0.5) is 0 Å². The molecule has 0 aliphatic carbocycles. The fourth-order valence-electron chi connectivity index (χ4n) is 3.11. The van der Waals surface area contributed by atoms with E-state index in [4.69, 9.17) is 0 Å². The molecule has 3 aromatic rings. The first-order chi connectivity index (χ1) is 11.6. The van der Waals surface area contributed by atoms with Gasteiger partial charge in [0, 0.05) is 36.5 Å². The minimum Gasteiger partial charge on any atom is -0.332 e. The molecule has 4 heterocycles. The van der Waals surface area contributed by atoms with E-state index in [0.717, 1.165) is 34.8 Å². The number of carbonyl (C=O) groups excluding carboxylic acids is 1. The summed E-state index contributed by atoms with van der Waals surface area (Å²) in [5.41, 5.74) is 5.56. The summed E-state index contributed by atoms with van der Waals surface area (Å²) in [6.45, 7) is 5.80. The van der Waals surface area contributed by atoms with Gasteiger partial charge < -0.3 is 4.90 Å². The lowest BCUT2D eigenvalue weighted by atomic mass is 10.1. The third-order valence-electron chi connectivity index (χ3n) is 4.36. The van der Waals surface area contributed by atoms with E-state index in [1.54, 1.807) is 11.1 Å². The van der Waals surface area contributed by atoms with Crippen LogP contribution in [0.15, 0.2) is 18.3 Å². The molecule has 0 saturated carbocycles. The average molecular weight is 325 g/mol. The molecule has 0 bridgehead atoms. The van der Waals surface area contributed by atoms with Crippen LogP contribution in [-0.2, 0) is 19.5 Å². The van der Waals surface area contributed by atoms with E-state index in [-0.39, 0.29) is 5.91 Å². The molecule has 0 unspecified atom stereocenters. The molecule has 0 atom stereocenters. The Morgan fingerprint density at radius 2 is 2.17 bits per heavy atom.